The van der Waals surface area contributed by atoms with E-state index in [4.69, 9.17) is 16.3 Å². The SMILES string of the molecule is O=C(Nc1ccc(O[C@H]2CCNC2)cc1)c1ccc(Cl)cc1. The van der Waals surface area contributed by atoms with Crippen LogP contribution >= 0.6 is 11.6 Å². The second-order valence-electron chi connectivity index (χ2n) is 5.22. The molecule has 1 saturated heterocycles. The Morgan fingerprint density at radius 2 is 1.86 bits per heavy atom. The zero-order valence-electron chi connectivity index (χ0n) is 12.0. The molecule has 0 spiro atoms. The standard InChI is InChI=1S/C17H17ClN2O2/c18-13-3-1-12(2-4-13)17(21)20-14-5-7-15(8-6-14)22-16-9-10-19-11-16/h1-8,16,19H,9-11H2,(H,20,21)/t16-/m0/s1. The molecule has 0 aliphatic carbocycles. The van der Waals surface area contributed by atoms with E-state index in [1.165, 1.54) is 0 Å². The van der Waals surface area contributed by atoms with E-state index in [1.54, 1.807) is 24.3 Å². The van der Waals surface area contributed by atoms with Crippen LogP contribution in [0.4, 0.5) is 5.69 Å². The summed E-state index contributed by atoms with van der Waals surface area (Å²) in [5, 5.41) is 6.72. The van der Waals surface area contributed by atoms with E-state index < -0.39 is 0 Å². The summed E-state index contributed by atoms with van der Waals surface area (Å²) in [6.45, 7) is 1.88. The van der Waals surface area contributed by atoms with Crippen molar-refractivity contribution in [1.82, 2.24) is 5.32 Å². The van der Waals surface area contributed by atoms with Crippen molar-refractivity contribution in [2.24, 2.45) is 0 Å². The number of hydrogen-bond acceptors (Lipinski definition) is 3. The van der Waals surface area contributed by atoms with E-state index in [0.717, 1.165) is 30.9 Å². The van der Waals surface area contributed by atoms with Crippen LogP contribution in [0.3, 0.4) is 0 Å². The number of carbonyl (C=O) groups is 1. The third-order valence-corrected chi connectivity index (χ3v) is 3.79. The Hall–Kier alpha value is -2.04. The number of nitrogens with one attached hydrogen (secondary N) is 2. The van der Waals surface area contributed by atoms with Gasteiger partial charge >= 0.3 is 0 Å². The van der Waals surface area contributed by atoms with Crippen LogP contribution in [0.2, 0.25) is 5.02 Å². The molecule has 0 bridgehead atoms. The Balaban J connectivity index is 1.60. The van der Waals surface area contributed by atoms with Crippen molar-refractivity contribution in [1.29, 1.82) is 0 Å². The van der Waals surface area contributed by atoms with Crippen LogP contribution in [-0.4, -0.2) is 25.1 Å². The molecule has 1 atom stereocenters. The van der Waals surface area contributed by atoms with Gasteiger partial charge < -0.3 is 15.4 Å². The van der Waals surface area contributed by atoms with Crippen molar-refractivity contribution in [2.45, 2.75) is 12.5 Å². The van der Waals surface area contributed by atoms with Crippen molar-refractivity contribution in [2.75, 3.05) is 18.4 Å². The van der Waals surface area contributed by atoms with E-state index in [1.807, 2.05) is 24.3 Å². The molecule has 0 unspecified atom stereocenters. The molecule has 2 N–H and O–H groups in total. The minimum Gasteiger partial charge on any atom is -0.489 e. The van der Waals surface area contributed by atoms with Gasteiger partial charge in [0.25, 0.3) is 5.91 Å². The molecule has 3 rings (SSSR count). The predicted octanol–water partition coefficient (Wildman–Crippen LogP) is 3.33. The van der Waals surface area contributed by atoms with Gasteiger partial charge in [-0.15, -0.1) is 0 Å². The monoisotopic (exact) mass is 316 g/mol. The van der Waals surface area contributed by atoms with E-state index >= 15 is 0 Å². The zero-order valence-corrected chi connectivity index (χ0v) is 12.8. The second-order valence-corrected chi connectivity index (χ2v) is 5.65. The molecule has 5 heteroatoms. The topological polar surface area (TPSA) is 50.4 Å². The van der Waals surface area contributed by atoms with Gasteiger partial charge in [-0.3, -0.25) is 4.79 Å². The Morgan fingerprint density at radius 1 is 1.14 bits per heavy atom. The lowest BCUT2D eigenvalue weighted by molar-refractivity contribution is 0.102. The highest BCUT2D eigenvalue weighted by atomic mass is 35.5. The minimum absolute atomic E-state index is 0.162. The van der Waals surface area contributed by atoms with Gasteiger partial charge in [-0.2, -0.15) is 0 Å². The molecule has 4 nitrogen and oxygen atoms in total. The second kappa shape index (κ2) is 6.81. The number of ether oxygens (including phenoxy) is 1. The highest BCUT2D eigenvalue weighted by Gasteiger charge is 2.15. The molecule has 114 valence electrons. The predicted molar refractivity (Wildman–Crippen MR) is 87.7 cm³/mol. The summed E-state index contributed by atoms with van der Waals surface area (Å²) in [6, 6.07) is 14.2. The van der Waals surface area contributed by atoms with Gasteiger partial charge in [0.1, 0.15) is 11.9 Å². The van der Waals surface area contributed by atoms with Crippen molar-refractivity contribution in [3.63, 3.8) is 0 Å². The van der Waals surface area contributed by atoms with Crippen LogP contribution in [0.15, 0.2) is 48.5 Å². The summed E-state index contributed by atoms with van der Waals surface area (Å²) in [6.07, 6.45) is 1.25. The molecule has 1 heterocycles. The lowest BCUT2D eigenvalue weighted by Gasteiger charge is -2.13. The first-order valence-electron chi connectivity index (χ1n) is 7.25. The fourth-order valence-electron chi connectivity index (χ4n) is 2.34. The molecule has 1 aliphatic heterocycles. The molecule has 22 heavy (non-hydrogen) atoms. The molecule has 0 aromatic heterocycles. The van der Waals surface area contributed by atoms with Crippen LogP contribution in [-0.2, 0) is 0 Å². The first-order chi connectivity index (χ1) is 10.7. The third-order valence-electron chi connectivity index (χ3n) is 3.54. The van der Waals surface area contributed by atoms with Crippen LogP contribution in [0.1, 0.15) is 16.8 Å². The molecular formula is C17H17ClN2O2. The number of amides is 1. The lowest BCUT2D eigenvalue weighted by Crippen LogP contribution is -2.19. The van der Waals surface area contributed by atoms with E-state index in [2.05, 4.69) is 10.6 Å². The van der Waals surface area contributed by atoms with Gasteiger partial charge in [-0.25, -0.2) is 0 Å². The Bertz CT molecular complexity index is 635. The summed E-state index contributed by atoms with van der Waals surface area (Å²) in [7, 11) is 0. The van der Waals surface area contributed by atoms with Crippen LogP contribution < -0.4 is 15.4 Å². The molecular weight excluding hydrogens is 300 g/mol. The van der Waals surface area contributed by atoms with Crippen molar-refractivity contribution in [3.8, 4) is 5.75 Å². The largest absolute Gasteiger partial charge is 0.489 e. The maximum atomic E-state index is 12.1. The van der Waals surface area contributed by atoms with Crippen LogP contribution in [0, 0.1) is 0 Å². The van der Waals surface area contributed by atoms with Crippen LogP contribution in [0.5, 0.6) is 5.75 Å². The molecule has 0 saturated carbocycles. The number of anilines is 1. The van der Waals surface area contributed by atoms with Crippen LogP contribution in [0.25, 0.3) is 0 Å². The number of benzene rings is 2. The van der Waals surface area contributed by atoms with Gasteiger partial charge in [0.2, 0.25) is 0 Å². The number of carbonyl (C=O) groups excluding carboxylic acids is 1. The van der Waals surface area contributed by atoms with Gasteiger partial charge in [0, 0.05) is 22.8 Å². The van der Waals surface area contributed by atoms with Crippen molar-refractivity contribution < 1.29 is 9.53 Å². The van der Waals surface area contributed by atoms with E-state index in [0.29, 0.717) is 10.6 Å². The Labute approximate surface area is 134 Å². The Kier molecular flexibility index (Phi) is 4.61. The first kappa shape index (κ1) is 14.9. The molecule has 1 amide bonds. The summed E-state index contributed by atoms with van der Waals surface area (Å²) >= 11 is 5.81. The quantitative estimate of drug-likeness (QED) is 0.909. The first-order valence-corrected chi connectivity index (χ1v) is 7.63. The zero-order chi connectivity index (χ0) is 15.4. The number of hydrogen-bond donors (Lipinski definition) is 2. The van der Waals surface area contributed by atoms with Gasteiger partial charge in [-0.05, 0) is 61.5 Å². The van der Waals surface area contributed by atoms with Gasteiger partial charge in [0.05, 0.1) is 0 Å². The summed E-state index contributed by atoms with van der Waals surface area (Å²) in [5.74, 6) is 0.656. The normalized spacial score (nSPS) is 17.2. The third kappa shape index (κ3) is 3.78. The lowest BCUT2D eigenvalue weighted by atomic mass is 10.2. The molecule has 1 fully saturated rings. The summed E-state index contributed by atoms with van der Waals surface area (Å²) < 4.78 is 5.84. The van der Waals surface area contributed by atoms with Crippen molar-refractivity contribution in [3.05, 3.63) is 59.1 Å². The molecule has 2 aromatic rings. The highest BCUT2D eigenvalue weighted by Crippen LogP contribution is 2.19. The van der Waals surface area contributed by atoms with E-state index in [9.17, 15) is 4.79 Å². The average molecular weight is 317 g/mol. The smallest absolute Gasteiger partial charge is 0.255 e. The van der Waals surface area contributed by atoms with E-state index in [-0.39, 0.29) is 12.0 Å². The maximum absolute atomic E-state index is 12.1. The van der Waals surface area contributed by atoms with Crippen molar-refractivity contribution >= 4 is 23.2 Å². The number of halogens is 1. The number of rotatable bonds is 4. The highest BCUT2D eigenvalue weighted by molar-refractivity contribution is 6.30. The fraction of sp³-hybridized carbons (Fsp3) is 0.235. The van der Waals surface area contributed by atoms with Gasteiger partial charge in [-0.1, -0.05) is 11.6 Å². The minimum atomic E-state index is -0.162. The van der Waals surface area contributed by atoms with Gasteiger partial charge in [0.15, 0.2) is 0 Å². The maximum Gasteiger partial charge on any atom is 0.255 e. The molecule has 0 radical (unpaired) electrons. The molecule has 2 aromatic carbocycles. The summed E-state index contributed by atoms with van der Waals surface area (Å²) in [5.41, 5.74) is 1.30. The average Bonchev–Trinajstić information content (AvgIpc) is 3.03. The summed E-state index contributed by atoms with van der Waals surface area (Å²) in [4.78, 5) is 12.1. The fourth-order valence-corrected chi connectivity index (χ4v) is 2.47. The molecule has 1 aliphatic rings. The Morgan fingerprint density at radius 3 is 2.50 bits per heavy atom.